The summed E-state index contributed by atoms with van der Waals surface area (Å²) in [7, 11) is 0. The third-order valence-electron chi connectivity index (χ3n) is 3.01. The highest BCUT2D eigenvalue weighted by atomic mass is 16.2. The summed E-state index contributed by atoms with van der Waals surface area (Å²) in [6.45, 7) is 8.14. The van der Waals surface area contributed by atoms with Crippen molar-refractivity contribution in [2.75, 3.05) is 0 Å². The molecule has 0 saturated heterocycles. The molecule has 2 aromatic rings. The van der Waals surface area contributed by atoms with Crippen LogP contribution in [0.15, 0.2) is 24.5 Å². The fourth-order valence-corrected chi connectivity index (χ4v) is 2.28. The van der Waals surface area contributed by atoms with Crippen LogP contribution in [0.2, 0.25) is 0 Å². The lowest BCUT2D eigenvalue weighted by atomic mass is 10.1. The van der Waals surface area contributed by atoms with Gasteiger partial charge in [0.05, 0.1) is 17.4 Å². The first-order chi connectivity index (χ1) is 8.50. The molecule has 0 bridgehead atoms. The third-order valence-corrected chi connectivity index (χ3v) is 3.01. The number of aromatic nitrogens is 2. The number of fused-ring (bicyclic) bond motifs is 1. The molecule has 18 heavy (non-hydrogen) atoms. The molecule has 0 spiro atoms. The molecule has 0 radical (unpaired) electrons. The van der Waals surface area contributed by atoms with Gasteiger partial charge in [0.25, 0.3) is 5.91 Å². The van der Waals surface area contributed by atoms with Gasteiger partial charge in [0.2, 0.25) is 0 Å². The fourth-order valence-electron chi connectivity index (χ4n) is 2.28. The third kappa shape index (κ3) is 2.23. The summed E-state index contributed by atoms with van der Waals surface area (Å²) in [5, 5.41) is 0. The fraction of sp³-hybridized carbons (Fsp3) is 0.429. The van der Waals surface area contributed by atoms with E-state index in [1.165, 1.54) is 0 Å². The van der Waals surface area contributed by atoms with Crippen LogP contribution in [0.5, 0.6) is 0 Å². The van der Waals surface area contributed by atoms with E-state index in [1.54, 1.807) is 6.33 Å². The molecule has 0 saturated carbocycles. The molecule has 96 valence electrons. The Labute approximate surface area is 107 Å². The lowest BCUT2D eigenvalue weighted by Crippen LogP contribution is -2.42. The standard InChI is InChI=1S/C14H19N3O/c1-9(2)17(10(3)4)14(18)11-5-6-12-13(7-11)16-8-15-12/h5-10H,1-4H3,(H,15,16). The lowest BCUT2D eigenvalue weighted by Gasteiger charge is -2.30. The molecule has 1 aromatic carbocycles. The lowest BCUT2D eigenvalue weighted by molar-refractivity contribution is 0.0644. The number of nitrogens with one attached hydrogen (secondary N) is 1. The number of rotatable bonds is 3. The minimum absolute atomic E-state index is 0.0662. The van der Waals surface area contributed by atoms with E-state index in [4.69, 9.17) is 0 Å². The van der Waals surface area contributed by atoms with Crippen LogP contribution < -0.4 is 0 Å². The van der Waals surface area contributed by atoms with Crippen molar-refractivity contribution in [3.63, 3.8) is 0 Å². The van der Waals surface area contributed by atoms with Gasteiger partial charge in [-0.3, -0.25) is 4.79 Å². The maximum Gasteiger partial charge on any atom is 0.254 e. The van der Waals surface area contributed by atoms with Gasteiger partial charge in [-0.1, -0.05) is 0 Å². The molecule has 0 fully saturated rings. The van der Waals surface area contributed by atoms with Crippen molar-refractivity contribution in [3.05, 3.63) is 30.1 Å². The van der Waals surface area contributed by atoms with Crippen molar-refractivity contribution in [2.24, 2.45) is 0 Å². The molecule has 0 aliphatic heterocycles. The molecular weight excluding hydrogens is 226 g/mol. The van der Waals surface area contributed by atoms with Crippen LogP contribution >= 0.6 is 0 Å². The quantitative estimate of drug-likeness (QED) is 0.904. The average molecular weight is 245 g/mol. The molecule has 0 atom stereocenters. The molecule has 1 N–H and O–H groups in total. The van der Waals surface area contributed by atoms with Gasteiger partial charge < -0.3 is 9.88 Å². The largest absolute Gasteiger partial charge is 0.345 e. The number of hydrogen-bond acceptors (Lipinski definition) is 2. The van der Waals surface area contributed by atoms with Crippen LogP contribution in [0.3, 0.4) is 0 Å². The Kier molecular flexibility index (Phi) is 3.36. The number of carbonyl (C=O) groups is 1. The zero-order chi connectivity index (χ0) is 13.3. The van der Waals surface area contributed by atoms with Crippen molar-refractivity contribution in [3.8, 4) is 0 Å². The Balaban J connectivity index is 2.37. The van der Waals surface area contributed by atoms with Gasteiger partial charge in [0.1, 0.15) is 0 Å². The van der Waals surface area contributed by atoms with E-state index in [2.05, 4.69) is 9.97 Å². The molecule has 1 aromatic heterocycles. The monoisotopic (exact) mass is 245 g/mol. The van der Waals surface area contributed by atoms with Crippen molar-refractivity contribution in [1.82, 2.24) is 14.9 Å². The summed E-state index contributed by atoms with van der Waals surface area (Å²) in [6, 6.07) is 5.95. The van der Waals surface area contributed by atoms with Crippen LogP contribution in [-0.2, 0) is 0 Å². The first-order valence-corrected chi connectivity index (χ1v) is 6.26. The molecule has 4 nitrogen and oxygen atoms in total. The van der Waals surface area contributed by atoms with Gasteiger partial charge >= 0.3 is 0 Å². The topological polar surface area (TPSA) is 49.0 Å². The van der Waals surface area contributed by atoms with Gasteiger partial charge in [0, 0.05) is 17.6 Å². The summed E-state index contributed by atoms with van der Waals surface area (Å²) in [5.74, 6) is 0.0662. The second kappa shape index (κ2) is 4.80. The van der Waals surface area contributed by atoms with Crippen molar-refractivity contribution < 1.29 is 4.79 Å². The number of benzene rings is 1. The van der Waals surface area contributed by atoms with Crippen LogP contribution in [0.25, 0.3) is 11.0 Å². The number of hydrogen-bond donors (Lipinski definition) is 1. The Bertz CT molecular complexity index is 549. The summed E-state index contributed by atoms with van der Waals surface area (Å²) in [4.78, 5) is 21.6. The summed E-state index contributed by atoms with van der Waals surface area (Å²) in [6.07, 6.45) is 1.64. The zero-order valence-corrected chi connectivity index (χ0v) is 11.3. The van der Waals surface area contributed by atoms with Crippen molar-refractivity contribution in [2.45, 2.75) is 39.8 Å². The molecule has 1 heterocycles. The first-order valence-electron chi connectivity index (χ1n) is 6.26. The number of nitrogens with zero attached hydrogens (tertiary/aromatic N) is 2. The molecule has 1 amide bonds. The van der Waals surface area contributed by atoms with E-state index < -0.39 is 0 Å². The molecule has 4 heteroatoms. The van der Waals surface area contributed by atoms with Crippen LogP contribution in [-0.4, -0.2) is 32.9 Å². The summed E-state index contributed by atoms with van der Waals surface area (Å²) in [5.41, 5.74) is 2.48. The van der Waals surface area contributed by atoms with E-state index in [1.807, 2.05) is 50.8 Å². The summed E-state index contributed by atoms with van der Waals surface area (Å²) >= 11 is 0. The number of aromatic amines is 1. The SMILES string of the molecule is CC(C)N(C(=O)c1ccc2nc[nH]c2c1)C(C)C. The number of imidazole rings is 1. The van der Waals surface area contributed by atoms with E-state index in [9.17, 15) is 4.79 Å². The smallest absolute Gasteiger partial charge is 0.254 e. The molecule has 0 unspecified atom stereocenters. The molecule has 0 aliphatic carbocycles. The molecule has 2 rings (SSSR count). The van der Waals surface area contributed by atoms with Crippen molar-refractivity contribution >= 4 is 16.9 Å². The molecular formula is C14H19N3O. The minimum atomic E-state index is 0.0662. The predicted octanol–water partition coefficient (Wildman–Crippen LogP) is 2.82. The summed E-state index contributed by atoms with van der Waals surface area (Å²) < 4.78 is 0. The Morgan fingerprint density at radius 3 is 2.50 bits per heavy atom. The van der Waals surface area contributed by atoms with E-state index >= 15 is 0 Å². The van der Waals surface area contributed by atoms with Crippen LogP contribution in [0.1, 0.15) is 38.1 Å². The number of amides is 1. The second-order valence-electron chi connectivity index (χ2n) is 5.03. The van der Waals surface area contributed by atoms with Gasteiger partial charge in [-0.25, -0.2) is 4.98 Å². The van der Waals surface area contributed by atoms with Crippen molar-refractivity contribution in [1.29, 1.82) is 0 Å². The van der Waals surface area contributed by atoms with E-state index in [0.717, 1.165) is 11.0 Å². The number of carbonyl (C=O) groups excluding carboxylic acids is 1. The van der Waals surface area contributed by atoms with Gasteiger partial charge in [-0.05, 0) is 45.9 Å². The molecule has 0 aliphatic rings. The average Bonchev–Trinajstić information content (AvgIpc) is 2.74. The Morgan fingerprint density at radius 2 is 1.89 bits per heavy atom. The Hall–Kier alpha value is -1.84. The zero-order valence-electron chi connectivity index (χ0n) is 11.3. The normalized spacial score (nSPS) is 11.4. The van der Waals surface area contributed by atoms with E-state index in [-0.39, 0.29) is 18.0 Å². The van der Waals surface area contributed by atoms with Crippen LogP contribution in [0, 0.1) is 0 Å². The maximum absolute atomic E-state index is 12.5. The van der Waals surface area contributed by atoms with E-state index in [0.29, 0.717) is 5.56 Å². The Morgan fingerprint density at radius 1 is 1.22 bits per heavy atom. The minimum Gasteiger partial charge on any atom is -0.345 e. The highest BCUT2D eigenvalue weighted by Gasteiger charge is 2.21. The van der Waals surface area contributed by atoms with Crippen LogP contribution in [0.4, 0.5) is 0 Å². The van der Waals surface area contributed by atoms with Gasteiger partial charge in [0.15, 0.2) is 0 Å². The highest BCUT2D eigenvalue weighted by Crippen LogP contribution is 2.16. The second-order valence-corrected chi connectivity index (χ2v) is 5.03. The van der Waals surface area contributed by atoms with Gasteiger partial charge in [-0.2, -0.15) is 0 Å². The maximum atomic E-state index is 12.5. The predicted molar refractivity (Wildman–Crippen MR) is 72.5 cm³/mol. The number of H-pyrrole nitrogens is 1. The first kappa shape index (κ1) is 12.6. The highest BCUT2D eigenvalue weighted by molar-refractivity contribution is 5.97. The van der Waals surface area contributed by atoms with Gasteiger partial charge in [-0.15, -0.1) is 0 Å².